The van der Waals surface area contributed by atoms with Gasteiger partial charge in [-0.05, 0) is 25.1 Å². The van der Waals surface area contributed by atoms with Crippen molar-refractivity contribution in [3.05, 3.63) is 24.4 Å². The minimum atomic E-state index is -0.121. The minimum Gasteiger partial charge on any atom is -0.393 e. The Balaban J connectivity index is 2.11. The molecule has 1 atom stereocenters. The summed E-state index contributed by atoms with van der Waals surface area (Å²) in [4.78, 5) is 2.22. The summed E-state index contributed by atoms with van der Waals surface area (Å²) in [6.07, 6.45) is 11.1. The molecule has 0 aromatic carbocycles. The van der Waals surface area contributed by atoms with Gasteiger partial charge in [0.1, 0.15) is 0 Å². The van der Waals surface area contributed by atoms with Crippen LogP contribution in [0.5, 0.6) is 0 Å². The van der Waals surface area contributed by atoms with Crippen LogP contribution in [0, 0.1) is 0 Å². The van der Waals surface area contributed by atoms with Gasteiger partial charge in [-0.1, -0.05) is 25.5 Å². The largest absolute Gasteiger partial charge is 0.393 e. The Morgan fingerprint density at radius 2 is 2.23 bits per heavy atom. The predicted molar refractivity (Wildman–Crippen MR) is 55.4 cm³/mol. The van der Waals surface area contributed by atoms with Crippen molar-refractivity contribution >= 4 is 0 Å². The Hall–Kier alpha value is -0.760. The van der Waals surface area contributed by atoms with Gasteiger partial charge in [0.05, 0.1) is 6.10 Å². The number of aliphatic hydroxyl groups excluding tert-OH is 1. The van der Waals surface area contributed by atoms with Crippen LogP contribution in [0.3, 0.4) is 0 Å². The molecule has 1 rings (SSSR count). The summed E-state index contributed by atoms with van der Waals surface area (Å²) in [6.45, 7) is 4.05. The summed E-state index contributed by atoms with van der Waals surface area (Å²) in [7, 11) is 0. The lowest BCUT2D eigenvalue weighted by Crippen LogP contribution is -2.23. The number of hydrogen-bond acceptors (Lipinski definition) is 2. The van der Waals surface area contributed by atoms with Crippen molar-refractivity contribution < 1.29 is 5.11 Å². The highest BCUT2D eigenvalue weighted by atomic mass is 16.3. The first-order valence-electron chi connectivity index (χ1n) is 5.08. The lowest BCUT2D eigenvalue weighted by atomic mass is 10.1. The molecule has 0 aliphatic carbocycles. The van der Waals surface area contributed by atoms with Crippen LogP contribution in [0.15, 0.2) is 24.4 Å². The van der Waals surface area contributed by atoms with Crippen molar-refractivity contribution in [2.24, 2.45) is 0 Å². The van der Waals surface area contributed by atoms with Crippen LogP contribution in [-0.2, 0) is 0 Å². The SMILES string of the molecule is CCCC(O)CCN1C=CC=CC1. The fourth-order valence-corrected chi connectivity index (χ4v) is 1.47. The summed E-state index contributed by atoms with van der Waals surface area (Å²) in [5.74, 6) is 0. The quantitative estimate of drug-likeness (QED) is 0.700. The van der Waals surface area contributed by atoms with E-state index in [9.17, 15) is 5.11 Å². The molecule has 0 bridgehead atoms. The fourth-order valence-electron chi connectivity index (χ4n) is 1.47. The summed E-state index contributed by atoms with van der Waals surface area (Å²) >= 11 is 0. The number of aliphatic hydroxyl groups is 1. The third-order valence-electron chi connectivity index (χ3n) is 2.26. The maximum Gasteiger partial charge on any atom is 0.0557 e. The van der Waals surface area contributed by atoms with E-state index in [1.807, 2.05) is 6.08 Å². The van der Waals surface area contributed by atoms with E-state index >= 15 is 0 Å². The molecule has 1 heterocycles. The fraction of sp³-hybridized carbons (Fsp3) is 0.636. The van der Waals surface area contributed by atoms with E-state index in [4.69, 9.17) is 0 Å². The van der Waals surface area contributed by atoms with Crippen LogP contribution in [0.4, 0.5) is 0 Å². The van der Waals surface area contributed by atoms with E-state index in [1.54, 1.807) is 0 Å². The van der Waals surface area contributed by atoms with Gasteiger partial charge in [-0.2, -0.15) is 0 Å². The molecule has 1 aliphatic rings. The average Bonchev–Trinajstić information content (AvgIpc) is 2.17. The molecule has 13 heavy (non-hydrogen) atoms. The van der Waals surface area contributed by atoms with E-state index in [-0.39, 0.29) is 6.10 Å². The zero-order chi connectivity index (χ0) is 9.52. The first-order chi connectivity index (χ1) is 6.33. The van der Waals surface area contributed by atoms with E-state index in [1.165, 1.54) is 0 Å². The molecule has 1 aliphatic heterocycles. The van der Waals surface area contributed by atoms with Gasteiger partial charge in [-0.3, -0.25) is 0 Å². The first kappa shape index (κ1) is 10.3. The maximum absolute atomic E-state index is 9.51. The minimum absolute atomic E-state index is 0.121. The van der Waals surface area contributed by atoms with Crippen molar-refractivity contribution in [1.82, 2.24) is 4.90 Å². The van der Waals surface area contributed by atoms with Gasteiger partial charge in [0.2, 0.25) is 0 Å². The molecule has 2 nitrogen and oxygen atoms in total. The highest BCUT2D eigenvalue weighted by molar-refractivity contribution is 5.08. The van der Waals surface area contributed by atoms with Crippen LogP contribution >= 0.6 is 0 Å². The molecule has 0 aromatic rings. The Bertz CT molecular complexity index is 187. The molecule has 0 saturated heterocycles. The Labute approximate surface area is 80.6 Å². The van der Waals surface area contributed by atoms with Crippen molar-refractivity contribution in [3.63, 3.8) is 0 Å². The van der Waals surface area contributed by atoms with E-state index < -0.39 is 0 Å². The van der Waals surface area contributed by atoms with Crippen molar-refractivity contribution in [2.75, 3.05) is 13.1 Å². The van der Waals surface area contributed by atoms with Crippen LogP contribution in [0.25, 0.3) is 0 Å². The van der Waals surface area contributed by atoms with Crippen molar-refractivity contribution in [2.45, 2.75) is 32.3 Å². The highest BCUT2D eigenvalue weighted by Crippen LogP contribution is 2.05. The average molecular weight is 181 g/mol. The van der Waals surface area contributed by atoms with Gasteiger partial charge in [0.25, 0.3) is 0 Å². The van der Waals surface area contributed by atoms with Crippen LogP contribution in [-0.4, -0.2) is 29.2 Å². The summed E-state index contributed by atoms with van der Waals surface area (Å²) in [5.41, 5.74) is 0. The molecule has 0 fully saturated rings. The summed E-state index contributed by atoms with van der Waals surface area (Å²) in [6, 6.07) is 0. The molecule has 0 saturated carbocycles. The smallest absolute Gasteiger partial charge is 0.0557 e. The van der Waals surface area contributed by atoms with Gasteiger partial charge >= 0.3 is 0 Å². The molecule has 2 heteroatoms. The summed E-state index contributed by atoms with van der Waals surface area (Å²) in [5, 5.41) is 9.51. The second kappa shape index (κ2) is 5.81. The molecule has 0 spiro atoms. The van der Waals surface area contributed by atoms with Gasteiger partial charge < -0.3 is 10.0 Å². The molecule has 1 N–H and O–H groups in total. The highest BCUT2D eigenvalue weighted by Gasteiger charge is 2.05. The molecule has 0 aromatic heterocycles. The zero-order valence-electron chi connectivity index (χ0n) is 8.32. The number of hydrogen-bond donors (Lipinski definition) is 1. The lowest BCUT2D eigenvalue weighted by Gasteiger charge is -2.21. The van der Waals surface area contributed by atoms with E-state index in [2.05, 4.69) is 30.2 Å². The maximum atomic E-state index is 9.51. The monoisotopic (exact) mass is 181 g/mol. The van der Waals surface area contributed by atoms with Gasteiger partial charge in [-0.15, -0.1) is 0 Å². The third kappa shape index (κ3) is 4.13. The van der Waals surface area contributed by atoms with Gasteiger partial charge in [0, 0.05) is 13.1 Å². The molecular weight excluding hydrogens is 162 g/mol. The van der Waals surface area contributed by atoms with Crippen molar-refractivity contribution in [3.8, 4) is 0 Å². The second-order valence-electron chi connectivity index (χ2n) is 3.50. The van der Waals surface area contributed by atoms with E-state index in [0.29, 0.717) is 0 Å². The van der Waals surface area contributed by atoms with Gasteiger partial charge in [0.15, 0.2) is 0 Å². The first-order valence-corrected chi connectivity index (χ1v) is 5.08. The lowest BCUT2D eigenvalue weighted by molar-refractivity contribution is 0.142. The number of rotatable bonds is 5. The third-order valence-corrected chi connectivity index (χ3v) is 2.26. The van der Waals surface area contributed by atoms with Gasteiger partial charge in [-0.25, -0.2) is 0 Å². The zero-order valence-corrected chi connectivity index (χ0v) is 8.32. The topological polar surface area (TPSA) is 23.5 Å². The number of allylic oxidation sites excluding steroid dienone is 2. The second-order valence-corrected chi connectivity index (χ2v) is 3.50. The molecule has 1 unspecified atom stereocenters. The normalized spacial score (nSPS) is 17.8. The van der Waals surface area contributed by atoms with Crippen LogP contribution in [0.1, 0.15) is 26.2 Å². The molecule has 0 radical (unpaired) electrons. The Kier molecular flexibility index (Phi) is 4.61. The van der Waals surface area contributed by atoms with Crippen LogP contribution in [0.2, 0.25) is 0 Å². The van der Waals surface area contributed by atoms with Crippen molar-refractivity contribution in [1.29, 1.82) is 0 Å². The summed E-state index contributed by atoms with van der Waals surface area (Å²) < 4.78 is 0. The number of nitrogens with zero attached hydrogens (tertiary/aromatic N) is 1. The molecular formula is C11H19NO. The Morgan fingerprint density at radius 3 is 2.85 bits per heavy atom. The van der Waals surface area contributed by atoms with Crippen LogP contribution < -0.4 is 0 Å². The predicted octanol–water partition coefficient (Wildman–Crippen LogP) is 1.92. The Morgan fingerprint density at radius 1 is 1.38 bits per heavy atom. The standard InChI is InChI=1S/C11H19NO/c1-2-6-11(13)7-10-12-8-4-3-5-9-12/h3-5,8,11,13H,2,6-7,9-10H2,1H3. The molecule has 0 amide bonds. The van der Waals surface area contributed by atoms with E-state index in [0.717, 1.165) is 32.4 Å². The molecule has 74 valence electrons.